The number of unbranched alkanes of at least 4 members (excludes halogenated alkanes) is 4. The van der Waals surface area contributed by atoms with Crippen LogP contribution >= 0.6 is 11.3 Å². The van der Waals surface area contributed by atoms with Gasteiger partial charge in [-0.2, -0.15) is 0 Å². The monoisotopic (exact) mass is 343 g/mol. The maximum atomic E-state index is 5.72. The van der Waals surface area contributed by atoms with Gasteiger partial charge in [-0.05, 0) is 43.5 Å². The molecule has 0 N–H and O–H groups in total. The second kappa shape index (κ2) is 11.0. The van der Waals surface area contributed by atoms with Crippen LogP contribution in [-0.2, 0) is 6.42 Å². The number of rotatable bonds is 11. The highest BCUT2D eigenvalue weighted by atomic mass is 32.1. The van der Waals surface area contributed by atoms with E-state index >= 15 is 0 Å². The summed E-state index contributed by atoms with van der Waals surface area (Å²) in [6.07, 6.45) is 15.0. The van der Waals surface area contributed by atoms with Gasteiger partial charge in [0.1, 0.15) is 17.4 Å². The fourth-order valence-corrected chi connectivity index (χ4v) is 3.43. The Labute approximate surface area is 150 Å². The second-order valence-corrected chi connectivity index (χ2v) is 7.15. The summed E-state index contributed by atoms with van der Waals surface area (Å²) in [6, 6.07) is 8.27. The Kier molecular flexibility index (Phi) is 8.61. The Morgan fingerprint density at radius 1 is 1.00 bits per heavy atom. The van der Waals surface area contributed by atoms with Crippen LogP contribution in [0.4, 0.5) is 0 Å². The predicted octanol–water partition coefficient (Wildman–Crippen LogP) is 6.67. The summed E-state index contributed by atoms with van der Waals surface area (Å²) < 4.78 is 5.72. The number of hydrogen-bond donors (Lipinski definition) is 0. The Morgan fingerprint density at radius 3 is 2.58 bits per heavy atom. The van der Waals surface area contributed by atoms with Crippen LogP contribution in [0.2, 0.25) is 0 Å². The van der Waals surface area contributed by atoms with Crippen LogP contribution in [0.5, 0.6) is 5.75 Å². The topological polar surface area (TPSA) is 22.1 Å². The Hall–Kier alpha value is -1.61. The summed E-state index contributed by atoms with van der Waals surface area (Å²) >= 11 is 1.81. The van der Waals surface area contributed by atoms with Crippen molar-refractivity contribution in [3.8, 4) is 16.3 Å². The number of nitrogens with zero attached hydrogens (tertiary/aromatic N) is 1. The van der Waals surface area contributed by atoms with Gasteiger partial charge >= 0.3 is 0 Å². The number of thiazole rings is 1. The number of aromatic nitrogens is 1. The van der Waals surface area contributed by atoms with Gasteiger partial charge in [0.25, 0.3) is 0 Å². The van der Waals surface area contributed by atoms with Crippen LogP contribution in [0, 0.1) is 0 Å². The molecule has 0 saturated carbocycles. The lowest BCUT2D eigenvalue weighted by atomic mass is 10.1. The third-order valence-corrected chi connectivity index (χ3v) is 5.01. The Balaban J connectivity index is 1.83. The van der Waals surface area contributed by atoms with E-state index in [9.17, 15) is 0 Å². The lowest BCUT2D eigenvalue weighted by Gasteiger charge is -2.03. The molecule has 0 unspecified atom stereocenters. The first-order valence-electron chi connectivity index (χ1n) is 9.16. The second-order valence-electron chi connectivity index (χ2n) is 6.04. The van der Waals surface area contributed by atoms with Gasteiger partial charge in [0, 0.05) is 16.6 Å². The quantitative estimate of drug-likeness (QED) is 0.336. The molecule has 0 atom stereocenters. The average molecular weight is 344 g/mol. The van der Waals surface area contributed by atoms with Crippen molar-refractivity contribution in [2.75, 3.05) is 6.61 Å². The molecule has 0 bridgehead atoms. The number of hydrogen-bond acceptors (Lipinski definition) is 3. The van der Waals surface area contributed by atoms with E-state index in [1.54, 1.807) is 0 Å². The zero-order valence-electron chi connectivity index (χ0n) is 15.0. The minimum atomic E-state index is 0.637. The molecule has 2 aromatic rings. The van der Waals surface area contributed by atoms with Crippen molar-refractivity contribution in [3.63, 3.8) is 0 Å². The first-order valence-corrected chi connectivity index (χ1v) is 9.98. The van der Waals surface area contributed by atoms with E-state index in [0.29, 0.717) is 6.61 Å². The van der Waals surface area contributed by atoms with Crippen molar-refractivity contribution in [1.29, 1.82) is 0 Å². The van der Waals surface area contributed by atoms with Gasteiger partial charge in [0.15, 0.2) is 0 Å². The van der Waals surface area contributed by atoms with E-state index in [0.717, 1.165) is 23.6 Å². The summed E-state index contributed by atoms with van der Waals surface area (Å²) in [6.45, 7) is 5.07. The van der Waals surface area contributed by atoms with E-state index in [-0.39, 0.29) is 0 Å². The molecule has 2 rings (SSSR count). The Bertz CT molecular complexity index is 601. The summed E-state index contributed by atoms with van der Waals surface area (Å²) in [5, 5.41) is 1.11. The average Bonchev–Trinajstić information content (AvgIpc) is 3.08. The van der Waals surface area contributed by atoms with Gasteiger partial charge in [0.05, 0.1) is 0 Å². The SMILES string of the molecule is CCC/C=C/COc1ccc(-c2ncc(CCCCCC)s2)cc1. The van der Waals surface area contributed by atoms with Crippen molar-refractivity contribution in [3.05, 3.63) is 47.5 Å². The highest BCUT2D eigenvalue weighted by Gasteiger charge is 2.05. The standard InChI is InChI=1S/C21H29NOS/c1-3-5-7-9-11-20-17-22-21(24-20)18-12-14-19(15-13-18)23-16-10-8-6-4-2/h8,10,12-15,17H,3-7,9,11,16H2,1-2H3/b10-8+. The predicted molar refractivity (Wildman–Crippen MR) is 105 cm³/mol. The fraction of sp³-hybridized carbons (Fsp3) is 0.476. The lowest BCUT2D eigenvalue weighted by Crippen LogP contribution is -1.92. The molecule has 0 radical (unpaired) electrons. The van der Waals surface area contributed by atoms with Crippen LogP contribution in [0.1, 0.15) is 57.2 Å². The molecule has 1 aromatic carbocycles. The van der Waals surface area contributed by atoms with Crippen LogP contribution < -0.4 is 4.74 Å². The minimum Gasteiger partial charge on any atom is -0.490 e. The molecule has 1 aromatic heterocycles. The van der Waals surface area contributed by atoms with Crippen LogP contribution in [0.25, 0.3) is 10.6 Å². The number of aryl methyl sites for hydroxylation is 1. The first-order chi connectivity index (χ1) is 11.8. The molecular formula is C21H29NOS. The number of ether oxygens (including phenoxy) is 1. The highest BCUT2D eigenvalue weighted by molar-refractivity contribution is 7.15. The van der Waals surface area contributed by atoms with Crippen LogP contribution in [0.15, 0.2) is 42.6 Å². The smallest absolute Gasteiger partial charge is 0.123 e. The molecule has 0 saturated heterocycles. The zero-order chi connectivity index (χ0) is 17.0. The summed E-state index contributed by atoms with van der Waals surface area (Å²) in [7, 11) is 0. The fourth-order valence-electron chi connectivity index (χ4n) is 2.47. The molecular weight excluding hydrogens is 314 g/mol. The maximum absolute atomic E-state index is 5.72. The van der Waals surface area contributed by atoms with Crippen LogP contribution in [-0.4, -0.2) is 11.6 Å². The van der Waals surface area contributed by atoms with Gasteiger partial charge < -0.3 is 4.74 Å². The molecule has 0 amide bonds. The summed E-state index contributed by atoms with van der Waals surface area (Å²) in [5.74, 6) is 0.913. The maximum Gasteiger partial charge on any atom is 0.123 e. The molecule has 1 heterocycles. The van der Waals surface area contributed by atoms with E-state index in [4.69, 9.17) is 4.74 Å². The third-order valence-electron chi connectivity index (χ3n) is 3.90. The van der Waals surface area contributed by atoms with E-state index in [1.165, 1.54) is 42.5 Å². The summed E-state index contributed by atoms with van der Waals surface area (Å²) in [4.78, 5) is 5.97. The van der Waals surface area contributed by atoms with Gasteiger partial charge in [0.2, 0.25) is 0 Å². The van der Waals surface area contributed by atoms with Gasteiger partial charge in [-0.3, -0.25) is 0 Å². The van der Waals surface area contributed by atoms with Crippen molar-refractivity contribution in [2.45, 2.75) is 58.8 Å². The van der Waals surface area contributed by atoms with E-state index in [2.05, 4.69) is 43.1 Å². The zero-order valence-corrected chi connectivity index (χ0v) is 15.8. The molecule has 0 aliphatic carbocycles. The van der Waals surface area contributed by atoms with E-state index < -0.39 is 0 Å². The van der Waals surface area contributed by atoms with Crippen molar-refractivity contribution < 1.29 is 4.74 Å². The van der Waals surface area contributed by atoms with Crippen molar-refractivity contribution in [2.24, 2.45) is 0 Å². The van der Waals surface area contributed by atoms with Crippen molar-refractivity contribution >= 4 is 11.3 Å². The minimum absolute atomic E-state index is 0.637. The molecule has 0 spiro atoms. The van der Waals surface area contributed by atoms with Gasteiger partial charge in [-0.25, -0.2) is 4.98 Å². The summed E-state index contributed by atoms with van der Waals surface area (Å²) in [5.41, 5.74) is 1.17. The Morgan fingerprint density at radius 2 is 1.83 bits per heavy atom. The van der Waals surface area contributed by atoms with Gasteiger partial charge in [-0.1, -0.05) is 51.7 Å². The molecule has 24 heavy (non-hydrogen) atoms. The first kappa shape index (κ1) is 18.7. The highest BCUT2D eigenvalue weighted by Crippen LogP contribution is 2.27. The largest absolute Gasteiger partial charge is 0.490 e. The molecule has 0 aliphatic rings. The molecule has 3 heteroatoms. The van der Waals surface area contributed by atoms with E-state index in [1.807, 2.05) is 29.7 Å². The number of allylic oxidation sites excluding steroid dienone is 1. The van der Waals surface area contributed by atoms with Gasteiger partial charge in [-0.15, -0.1) is 11.3 Å². The van der Waals surface area contributed by atoms with Crippen LogP contribution in [0.3, 0.4) is 0 Å². The lowest BCUT2D eigenvalue weighted by molar-refractivity contribution is 0.362. The normalized spacial score (nSPS) is 11.2. The molecule has 0 aliphatic heterocycles. The number of benzene rings is 1. The molecule has 130 valence electrons. The molecule has 2 nitrogen and oxygen atoms in total. The third kappa shape index (κ3) is 6.48. The molecule has 0 fully saturated rings. The van der Waals surface area contributed by atoms with Crippen molar-refractivity contribution in [1.82, 2.24) is 4.98 Å².